The number of rotatable bonds is 5. The number of ether oxygens (including phenoxy) is 2. The van der Waals surface area contributed by atoms with Gasteiger partial charge in [0.2, 0.25) is 5.91 Å². The largest absolute Gasteiger partial charge is 0.497 e. The minimum absolute atomic E-state index is 0.0639. The third-order valence-electron chi connectivity index (χ3n) is 5.41. The monoisotopic (exact) mass is 416 g/mol. The zero-order valence-electron chi connectivity index (χ0n) is 17.7. The van der Waals surface area contributed by atoms with Crippen molar-refractivity contribution >= 4 is 23.2 Å². The lowest BCUT2D eigenvalue weighted by Gasteiger charge is -2.40. The number of amides is 2. The molecule has 0 aromatic heterocycles. The highest BCUT2D eigenvalue weighted by molar-refractivity contribution is 6.14. The van der Waals surface area contributed by atoms with Gasteiger partial charge in [0.25, 0.3) is 5.91 Å². The number of benzene rings is 3. The molecule has 158 valence electrons. The van der Waals surface area contributed by atoms with Crippen LogP contribution < -0.4 is 19.3 Å². The number of methoxy groups -OCH3 is 2. The summed E-state index contributed by atoms with van der Waals surface area (Å²) < 4.78 is 10.6. The number of hydrogen-bond acceptors (Lipinski definition) is 4. The van der Waals surface area contributed by atoms with Crippen LogP contribution in [0.5, 0.6) is 11.5 Å². The summed E-state index contributed by atoms with van der Waals surface area (Å²) >= 11 is 0. The average Bonchev–Trinajstić information content (AvgIpc) is 2.80. The number of carbonyl (C=O) groups is 2. The average molecular weight is 416 g/mol. The van der Waals surface area contributed by atoms with E-state index in [4.69, 9.17) is 9.47 Å². The van der Waals surface area contributed by atoms with Gasteiger partial charge in [-0.15, -0.1) is 0 Å². The van der Waals surface area contributed by atoms with Gasteiger partial charge in [-0.25, -0.2) is 0 Å². The second-order valence-electron chi connectivity index (χ2n) is 7.40. The molecule has 1 saturated heterocycles. The summed E-state index contributed by atoms with van der Waals surface area (Å²) in [6.45, 7) is 1.92. The van der Waals surface area contributed by atoms with E-state index in [1.165, 1.54) is 4.90 Å². The molecule has 1 aliphatic rings. The van der Waals surface area contributed by atoms with E-state index in [9.17, 15) is 9.59 Å². The fraction of sp³-hybridized carbons (Fsp3) is 0.200. The van der Waals surface area contributed by atoms with Crippen LogP contribution in [-0.4, -0.2) is 32.6 Å². The van der Waals surface area contributed by atoms with Crippen molar-refractivity contribution < 1.29 is 19.1 Å². The van der Waals surface area contributed by atoms with E-state index >= 15 is 0 Å². The number of hydrogen-bond donors (Lipinski definition) is 0. The Labute approximate surface area is 181 Å². The molecule has 0 spiro atoms. The quantitative estimate of drug-likeness (QED) is 0.627. The molecular weight excluding hydrogens is 392 g/mol. The van der Waals surface area contributed by atoms with Gasteiger partial charge >= 0.3 is 0 Å². The fourth-order valence-electron chi connectivity index (χ4n) is 3.78. The lowest BCUT2D eigenvalue weighted by molar-refractivity contribution is -0.128. The van der Waals surface area contributed by atoms with Crippen LogP contribution in [0.25, 0.3) is 0 Å². The van der Waals surface area contributed by atoms with Crippen LogP contribution in [0.1, 0.15) is 17.2 Å². The van der Waals surface area contributed by atoms with Gasteiger partial charge < -0.3 is 14.4 Å². The van der Waals surface area contributed by atoms with Crippen LogP contribution in [0.15, 0.2) is 72.8 Å². The highest BCUT2D eigenvalue weighted by Gasteiger charge is 2.42. The Morgan fingerprint density at radius 1 is 0.806 bits per heavy atom. The van der Waals surface area contributed by atoms with E-state index in [1.54, 1.807) is 49.5 Å². The van der Waals surface area contributed by atoms with Gasteiger partial charge in [-0.05, 0) is 36.8 Å². The molecular formula is C25H24N2O4. The number of carbonyl (C=O) groups excluding carboxylic acids is 2. The third-order valence-corrected chi connectivity index (χ3v) is 5.41. The molecule has 0 bridgehead atoms. The maximum atomic E-state index is 13.8. The topological polar surface area (TPSA) is 59.1 Å². The zero-order valence-corrected chi connectivity index (χ0v) is 17.7. The normalized spacial score (nSPS) is 16.4. The standard InChI is InChI=1S/C25H24N2O4/c1-17-10-12-18(13-11-17)24-25(29)26(19-6-4-8-21(14-19)30-2)16-23(28)27(24)20-7-5-9-22(15-20)31-3/h4-15,24H,16H2,1-3H3/t24-/m1/s1. The minimum atomic E-state index is -0.792. The molecule has 0 saturated carbocycles. The van der Waals surface area contributed by atoms with Gasteiger partial charge in [0.1, 0.15) is 24.1 Å². The van der Waals surface area contributed by atoms with Gasteiger partial charge in [-0.3, -0.25) is 14.5 Å². The Bertz CT molecular complexity index is 1110. The third kappa shape index (κ3) is 3.97. The van der Waals surface area contributed by atoms with Crippen molar-refractivity contribution in [3.8, 4) is 11.5 Å². The van der Waals surface area contributed by atoms with Crippen molar-refractivity contribution in [2.24, 2.45) is 0 Å². The zero-order chi connectivity index (χ0) is 22.0. The molecule has 6 nitrogen and oxygen atoms in total. The minimum Gasteiger partial charge on any atom is -0.497 e. The number of anilines is 2. The summed E-state index contributed by atoms with van der Waals surface area (Å²) in [5.41, 5.74) is 3.07. The summed E-state index contributed by atoms with van der Waals surface area (Å²) in [5.74, 6) is 0.885. The van der Waals surface area contributed by atoms with Crippen LogP contribution in [0.4, 0.5) is 11.4 Å². The Morgan fingerprint density at radius 2 is 1.39 bits per heavy atom. The van der Waals surface area contributed by atoms with Crippen molar-refractivity contribution in [3.63, 3.8) is 0 Å². The first-order chi connectivity index (χ1) is 15.0. The van der Waals surface area contributed by atoms with Gasteiger partial charge in [0.15, 0.2) is 0 Å². The molecule has 0 aliphatic carbocycles. The van der Waals surface area contributed by atoms with Crippen LogP contribution in [-0.2, 0) is 9.59 Å². The van der Waals surface area contributed by atoms with E-state index in [-0.39, 0.29) is 18.4 Å². The van der Waals surface area contributed by atoms with Gasteiger partial charge in [0, 0.05) is 23.5 Å². The first-order valence-electron chi connectivity index (χ1n) is 10.00. The van der Waals surface area contributed by atoms with Gasteiger partial charge in [-0.1, -0.05) is 42.0 Å². The molecule has 3 aromatic carbocycles. The highest BCUT2D eigenvalue weighted by atomic mass is 16.5. The predicted molar refractivity (Wildman–Crippen MR) is 120 cm³/mol. The first kappa shape index (κ1) is 20.5. The van der Waals surface area contributed by atoms with Gasteiger partial charge in [-0.2, -0.15) is 0 Å². The number of aryl methyl sites for hydroxylation is 1. The molecule has 1 heterocycles. The molecule has 3 aromatic rings. The molecule has 4 rings (SSSR count). The molecule has 0 unspecified atom stereocenters. The maximum Gasteiger partial charge on any atom is 0.255 e. The lowest BCUT2D eigenvalue weighted by atomic mass is 9.98. The van der Waals surface area contributed by atoms with Crippen LogP contribution in [0.3, 0.4) is 0 Å². The summed E-state index contributed by atoms with van der Waals surface area (Å²) in [6, 6.07) is 21.3. The first-order valence-corrected chi connectivity index (χ1v) is 10.00. The molecule has 2 amide bonds. The molecule has 1 fully saturated rings. The second-order valence-corrected chi connectivity index (χ2v) is 7.40. The SMILES string of the molecule is COc1cccc(N2CC(=O)N(c3cccc(OC)c3)[C@H](c3ccc(C)cc3)C2=O)c1. The lowest BCUT2D eigenvalue weighted by Crippen LogP contribution is -2.56. The molecule has 31 heavy (non-hydrogen) atoms. The molecule has 0 radical (unpaired) electrons. The summed E-state index contributed by atoms with van der Waals surface area (Å²) in [5, 5.41) is 0. The molecule has 0 N–H and O–H groups in total. The highest BCUT2D eigenvalue weighted by Crippen LogP contribution is 2.36. The van der Waals surface area contributed by atoms with E-state index in [1.807, 2.05) is 49.4 Å². The van der Waals surface area contributed by atoms with E-state index in [2.05, 4.69) is 0 Å². The Morgan fingerprint density at radius 3 is 2.00 bits per heavy atom. The maximum absolute atomic E-state index is 13.8. The van der Waals surface area contributed by atoms with Crippen molar-refractivity contribution in [2.75, 3.05) is 30.6 Å². The molecule has 1 atom stereocenters. The Balaban J connectivity index is 1.81. The fourth-order valence-corrected chi connectivity index (χ4v) is 3.78. The number of piperazine rings is 1. The second kappa shape index (κ2) is 8.52. The van der Waals surface area contributed by atoms with Crippen molar-refractivity contribution in [1.82, 2.24) is 0 Å². The number of nitrogens with zero attached hydrogens (tertiary/aromatic N) is 2. The van der Waals surface area contributed by atoms with Crippen molar-refractivity contribution in [3.05, 3.63) is 83.9 Å². The summed E-state index contributed by atoms with van der Waals surface area (Å²) in [7, 11) is 3.15. The van der Waals surface area contributed by atoms with Crippen LogP contribution in [0.2, 0.25) is 0 Å². The van der Waals surface area contributed by atoms with Gasteiger partial charge in [0.05, 0.1) is 14.2 Å². The van der Waals surface area contributed by atoms with E-state index in [0.29, 0.717) is 22.9 Å². The summed E-state index contributed by atoms with van der Waals surface area (Å²) in [6.07, 6.45) is 0. The van der Waals surface area contributed by atoms with Crippen molar-refractivity contribution in [2.45, 2.75) is 13.0 Å². The predicted octanol–water partition coefficient (Wildman–Crippen LogP) is 4.13. The van der Waals surface area contributed by atoms with E-state index < -0.39 is 6.04 Å². The molecule has 6 heteroatoms. The summed E-state index contributed by atoms with van der Waals surface area (Å²) in [4.78, 5) is 30.2. The van der Waals surface area contributed by atoms with Crippen LogP contribution in [0, 0.1) is 6.92 Å². The smallest absolute Gasteiger partial charge is 0.255 e. The Hall–Kier alpha value is -3.80. The van der Waals surface area contributed by atoms with E-state index in [0.717, 1.165) is 11.1 Å². The molecule has 1 aliphatic heterocycles. The van der Waals surface area contributed by atoms with Crippen molar-refractivity contribution in [1.29, 1.82) is 0 Å². The van der Waals surface area contributed by atoms with Crippen LogP contribution >= 0.6 is 0 Å². The Kier molecular flexibility index (Phi) is 5.62.